The van der Waals surface area contributed by atoms with Crippen molar-refractivity contribution < 1.29 is 0 Å². The first-order valence-corrected chi connectivity index (χ1v) is 7.78. The summed E-state index contributed by atoms with van der Waals surface area (Å²) in [7, 11) is 0. The number of likely N-dealkylation sites (tertiary alicyclic amines) is 2. The van der Waals surface area contributed by atoms with Gasteiger partial charge in [0, 0.05) is 31.0 Å². The van der Waals surface area contributed by atoms with E-state index < -0.39 is 0 Å². The molecule has 19 heavy (non-hydrogen) atoms. The van der Waals surface area contributed by atoms with Gasteiger partial charge in [-0.2, -0.15) is 0 Å². The molecule has 2 aliphatic heterocycles. The Morgan fingerprint density at radius 2 is 2.00 bits per heavy atom. The number of aryl methyl sites for hydroxylation is 1. The molecule has 3 rings (SSSR count). The third kappa shape index (κ3) is 3.37. The topological polar surface area (TPSA) is 35.2 Å². The molecule has 1 atom stereocenters. The van der Waals surface area contributed by atoms with E-state index >= 15 is 0 Å². The fraction of sp³-hybridized carbons (Fsp3) is 0.800. The number of aromatic nitrogens is 2. The summed E-state index contributed by atoms with van der Waals surface area (Å²) in [4.78, 5) is 13.0. The van der Waals surface area contributed by atoms with Crippen LogP contribution in [0.4, 0.5) is 0 Å². The van der Waals surface area contributed by atoms with E-state index in [9.17, 15) is 0 Å². The van der Waals surface area contributed by atoms with E-state index in [0.29, 0.717) is 0 Å². The third-order valence-corrected chi connectivity index (χ3v) is 4.55. The number of hydrogen-bond donors (Lipinski definition) is 1. The van der Waals surface area contributed by atoms with Crippen LogP contribution in [-0.2, 0) is 6.54 Å². The lowest BCUT2D eigenvalue weighted by Gasteiger charge is -2.37. The van der Waals surface area contributed by atoms with E-state index in [1.54, 1.807) is 0 Å². The summed E-state index contributed by atoms with van der Waals surface area (Å²) in [5, 5.41) is 0. The van der Waals surface area contributed by atoms with Crippen molar-refractivity contribution >= 4 is 0 Å². The molecule has 1 aromatic rings. The summed E-state index contributed by atoms with van der Waals surface area (Å²) in [5.74, 6) is 1.03. The van der Waals surface area contributed by atoms with Crippen molar-refractivity contribution in [1.82, 2.24) is 19.8 Å². The van der Waals surface area contributed by atoms with E-state index in [4.69, 9.17) is 0 Å². The van der Waals surface area contributed by atoms with Gasteiger partial charge in [0.15, 0.2) is 0 Å². The van der Waals surface area contributed by atoms with Gasteiger partial charge in [-0.05, 0) is 52.2 Å². The minimum atomic E-state index is 0.746. The fourth-order valence-corrected chi connectivity index (χ4v) is 3.51. The van der Waals surface area contributed by atoms with Gasteiger partial charge in [0.1, 0.15) is 5.82 Å². The van der Waals surface area contributed by atoms with Crippen molar-refractivity contribution in [3.8, 4) is 0 Å². The van der Waals surface area contributed by atoms with Gasteiger partial charge >= 0.3 is 0 Å². The van der Waals surface area contributed by atoms with Gasteiger partial charge in [0.2, 0.25) is 0 Å². The van der Waals surface area contributed by atoms with Gasteiger partial charge < -0.3 is 9.88 Å². The highest BCUT2D eigenvalue weighted by molar-refractivity contribution is 5.00. The first kappa shape index (κ1) is 13.1. The number of piperidine rings is 1. The maximum Gasteiger partial charge on any atom is 0.103 e. The van der Waals surface area contributed by atoms with Crippen LogP contribution in [-0.4, -0.2) is 52.0 Å². The smallest absolute Gasteiger partial charge is 0.103 e. The molecule has 106 valence electrons. The largest absolute Gasteiger partial charge is 0.345 e. The van der Waals surface area contributed by atoms with E-state index in [-0.39, 0.29) is 0 Å². The zero-order valence-electron chi connectivity index (χ0n) is 12.1. The number of rotatable bonds is 4. The van der Waals surface area contributed by atoms with E-state index in [0.717, 1.165) is 18.4 Å². The van der Waals surface area contributed by atoms with Crippen molar-refractivity contribution in [1.29, 1.82) is 0 Å². The molecule has 4 heteroatoms. The Hall–Kier alpha value is -0.870. The van der Waals surface area contributed by atoms with Crippen LogP contribution in [0.15, 0.2) is 6.20 Å². The summed E-state index contributed by atoms with van der Waals surface area (Å²) in [6.07, 6.45) is 8.90. The highest BCUT2D eigenvalue weighted by atomic mass is 15.2. The lowest BCUT2D eigenvalue weighted by atomic mass is 10.0. The molecule has 0 amide bonds. The maximum atomic E-state index is 4.32. The molecule has 3 heterocycles. The van der Waals surface area contributed by atoms with Gasteiger partial charge in [0.25, 0.3) is 0 Å². The van der Waals surface area contributed by atoms with Crippen LogP contribution >= 0.6 is 0 Å². The molecular formula is C15H26N4. The number of imidazole rings is 1. The SMILES string of the molecule is Cc1ncc(CN2CCCCC2CN2CCCC2)[nH]1. The molecule has 2 fully saturated rings. The predicted octanol–water partition coefficient (Wildman–Crippen LogP) is 2.17. The average molecular weight is 262 g/mol. The van der Waals surface area contributed by atoms with Gasteiger partial charge in [-0.3, -0.25) is 4.90 Å². The Balaban J connectivity index is 1.59. The minimum Gasteiger partial charge on any atom is -0.345 e. The normalized spacial score (nSPS) is 26.1. The Morgan fingerprint density at radius 3 is 2.74 bits per heavy atom. The minimum absolute atomic E-state index is 0.746. The number of hydrogen-bond acceptors (Lipinski definition) is 3. The van der Waals surface area contributed by atoms with E-state index in [2.05, 4.69) is 19.8 Å². The molecule has 1 unspecified atom stereocenters. The van der Waals surface area contributed by atoms with Crippen molar-refractivity contribution in [2.75, 3.05) is 26.2 Å². The molecule has 4 nitrogen and oxygen atoms in total. The molecule has 1 N–H and O–H groups in total. The van der Waals surface area contributed by atoms with Crippen molar-refractivity contribution in [2.24, 2.45) is 0 Å². The average Bonchev–Trinajstić information content (AvgIpc) is 3.04. The second kappa shape index (κ2) is 6.06. The summed E-state index contributed by atoms with van der Waals surface area (Å²) >= 11 is 0. The number of aromatic amines is 1. The lowest BCUT2D eigenvalue weighted by molar-refractivity contribution is 0.105. The van der Waals surface area contributed by atoms with Crippen LogP contribution in [0.1, 0.15) is 43.6 Å². The molecule has 2 aliphatic rings. The Bertz CT molecular complexity index is 395. The van der Waals surface area contributed by atoms with Crippen molar-refractivity contribution in [2.45, 2.75) is 51.6 Å². The molecule has 0 bridgehead atoms. The summed E-state index contributed by atoms with van der Waals surface area (Å²) in [5.41, 5.74) is 1.27. The second-order valence-corrected chi connectivity index (χ2v) is 6.12. The van der Waals surface area contributed by atoms with Crippen LogP contribution in [0.25, 0.3) is 0 Å². The van der Waals surface area contributed by atoms with E-state index in [1.165, 1.54) is 64.0 Å². The van der Waals surface area contributed by atoms with Crippen LogP contribution in [0.2, 0.25) is 0 Å². The Labute approximate surface area is 116 Å². The standard InChI is InChI=1S/C15H26N4/c1-13-16-10-14(17-13)11-19-9-3-2-6-15(19)12-18-7-4-5-8-18/h10,15H,2-9,11-12H2,1H3,(H,16,17). The fourth-order valence-electron chi connectivity index (χ4n) is 3.51. The molecule has 0 saturated carbocycles. The first-order chi connectivity index (χ1) is 9.31. The van der Waals surface area contributed by atoms with Crippen LogP contribution in [0.5, 0.6) is 0 Å². The highest BCUT2D eigenvalue weighted by Gasteiger charge is 2.25. The van der Waals surface area contributed by atoms with Gasteiger partial charge in [-0.1, -0.05) is 6.42 Å². The Kier molecular flexibility index (Phi) is 4.18. The van der Waals surface area contributed by atoms with Gasteiger partial charge in [0.05, 0.1) is 0 Å². The van der Waals surface area contributed by atoms with Crippen LogP contribution in [0, 0.1) is 6.92 Å². The summed E-state index contributed by atoms with van der Waals surface area (Å²) in [6.45, 7) is 8.21. The molecule has 0 aliphatic carbocycles. The van der Waals surface area contributed by atoms with Gasteiger partial charge in [-0.15, -0.1) is 0 Å². The van der Waals surface area contributed by atoms with Gasteiger partial charge in [-0.25, -0.2) is 4.98 Å². The number of nitrogens with one attached hydrogen (secondary N) is 1. The molecule has 0 aromatic carbocycles. The quantitative estimate of drug-likeness (QED) is 0.903. The second-order valence-electron chi connectivity index (χ2n) is 6.12. The molecule has 1 aromatic heterocycles. The summed E-state index contributed by atoms with van der Waals surface area (Å²) in [6, 6.07) is 0.746. The van der Waals surface area contributed by atoms with E-state index in [1.807, 2.05) is 13.1 Å². The molecule has 0 spiro atoms. The lowest BCUT2D eigenvalue weighted by Crippen LogP contribution is -2.45. The first-order valence-electron chi connectivity index (χ1n) is 7.78. The third-order valence-electron chi connectivity index (χ3n) is 4.55. The monoisotopic (exact) mass is 262 g/mol. The van der Waals surface area contributed by atoms with Crippen molar-refractivity contribution in [3.63, 3.8) is 0 Å². The zero-order chi connectivity index (χ0) is 13.1. The summed E-state index contributed by atoms with van der Waals surface area (Å²) < 4.78 is 0. The van der Waals surface area contributed by atoms with Crippen LogP contribution in [0.3, 0.4) is 0 Å². The predicted molar refractivity (Wildman–Crippen MR) is 77.0 cm³/mol. The van der Waals surface area contributed by atoms with Crippen LogP contribution < -0.4 is 0 Å². The number of nitrogens with zero attached hydrogens (tertiary/aromatic N) is 3. The number of H-pyrrole nitrogens is 1. The molecule has 0 radical (unpaired) electrons. The highest BCUT2D eigenvalue weighted by Crippen LogP contribution is 2.21. The maximum absolute atomic E-state index is 4.32. The molecule has 2 saturated heterocycles. The molecular weight excluding hydrogens is 236 g/mol. The van der Waals surface area contributed by atoms with Crippen molar-refractivity contribution in [3.05, 3.63) is 17.7 Å². The Morgan fingerprint density at radius 1 is 1.21 bits per heavy atom. The zero-order valence-corrected chi connectivity index (χ0v) is 12.1.